The van der Waals surface area contributed by atoms with E-state index >= 15 is 0 Å². The minimum atomic E-state index is -3.27. The summed E-state index contributed by atoms with van der Waals surface area (Å²) in [6.07, 6.45) is 1.65. The molecule has 0 amide bonds. The first kappa shape index (κ1) is 11.6. The van der Waals surface area contributed by atoms with Crippen molar-refractivity contribution in [2.75, 3.05) is 16.2 Å². The monoisotopic (exact) mass is 226 g/mol. The Labute approximate surface area is 89.9 Å². The molecule has 0 spiro atoms. The minimum absolute atomic E-state index is 0.0235. The molecular formula is C10H14N2O2S. The lowest BCUT2D eigenvalue weighted by molar-refractivity contribution is 0.602. The molecule has 1 rings (SSSR count). The number of anilines is 2. The third-order valence-corrected chi connectivity index (χ3v) is 3.25. The highest BCUT2D eigenvalue weighted by Gasteiger charge is 2.08. The minimum Gasteiger partial charge on any atom is -0.397 e. The van der Waals surface area contributed by atoms with Gasteiger partial charge in [-0.2, -0.15) is 0 Å². The van der Waals surface area contributed by atoms with Gasteiger partial charge in [0.05, 0.1) is 17.1 Å². The van der Waals surface area contributed by atoms with Crippen LogP contribution in [0.5, 0.6) is 0 Å². The van der Waals surface area contributed by atoms with E-state index in [1.165, 1.54) is 0 Å². The second kappa shape index (κ2) is 4.35. The first-order valence-electron chi connectivity index (χ1n) is 4.51. The van der Waals surface area contributed by atoms with Crippen LogP contribution < -0.4 is 10.5 Å². The zero-order chi connectivity index (χ0) is 11.5. The summed E-state index contributed by atoms with van der Waals surface area (Å²) in [6, 6.07) is 5.04. The molecule has 0 saturated heterocycles. The van der Waals surface area contributed by atoms with Crippen molar-refractivity contribution < 1.29 is 8.42 Å². The number of hydrogen-bond acceptors (Lipinski definition) is 3. The second-order valence-corrected chi connectivity index (χ2v) is 5.07. The molecule has 15 heavy (non-hydrogen) atoms. The average Bonchev–Trinajstić information content (AvgIpc) is 2.21. The summed E-state index contributed by atoms with van der Waals surface area (Å²) in [6.45, 7) is 5.16. The molecule has 0 radical (unpaired) electrons. The SMILES string of the molecule is C=Cc1ccc(NS(=O)(=O)CC)c(N)c1. The number of nitrogens with one attached hydrogen (secondary N) is 1. The van der Waals surface area contributed by atoms with Crippen LogP contribution in [-0.2, 0) is 10.0 Å². The Hall–Kier alpha value is -1.49. The van der Waals surface area contributed by atoms with E-state index in [1.807, 2.05) is 0 Å². The van der Waals surface area contributed by atoms with E-state index in [0.29, 0.717) is 11.4 Å². The Morgan fingerprint density at radius 1 is 1.53 bits per heavy atom. The van der Waals surface area contributed by atoms with Gasteiger partial charge in [0.25, 0.3) is 0 Å². The topological polar surface area (TPSA) is 72.2 Å². The molecule has 3 N–H and O–H groups in total. The molecule has 0 fully saturated rings. The van der Waals surface area contributed by atoms with Crippen LogP contribution in [0.4, 0.5) is 11.4 Å². The molecule has 0 atom stereocenters. The fourth-order valence-corrected chi connectivity index (χ4v) is 1.71. The molecule has 82 valence electrons. The molecule has 0 heterocycles. The number of hydrogen-bond donors (Lipinski definition) is 2. The quantitative estimate of drug-likeness (QED) is 0.767. The van der Waals surface area contributed by atoms with Crippen LogP contribution in [0.25, 0.3) is 6.08 Å². The Balaban J connectivity index is 3.02. The summed E-state index contributed by atoms with van der Waals surface area (Å²) in [5.41, 5.74) is 7.34. The molecule has 0 aliphatic rings. The van der Waals surface area contributed by atoms with Gasteiger partial charge in [-0.3, -0.25) is 4.72 Å². The average molecular weight is 226 g/mol. The van der Waals surface area contributed by atoms with E-state index in [-0.39, 0.29) is 5.75 Å². The third kappa shape index (κ3) is 2.99. The highest BCUT2D eigenvalue weighted by molar-refractivity contribution is 7.92. The second-order valence-electron chi connectivity index (χ2n) is 3.06. The first-order chi connectivity index (χ1) is 6.98. The van der Waals surface area contributed by atoms with Gasteiger partial charge in [-0.1, -0.05) is 18.7 Å². The van der Waals surface area contributed by atoms with Crippen LogP contribution in [0, 0.1) is 0 Å². The van der Waals surface area contributed by atoms with Gasteiger partial charge in [-0.15, -0.1) is 0 Å². The highest BCUT2D eigenvalue weighted by Crippen LogP contribution is 2.21. The Morgan fingerprint density at radius 2 is 2.20 bits per heavy atom. The number of rotatable bonds is 4. The van der Waals surface area contributed by atoms with Crippen molar-refractivity contribution >= 4 is 27.5 Å². The van der Waals surface area contributed by atoms with E-state index in [1.54, 1.807) is 31.2 Å². The number of nitrogen functional groups attached to an aromatic ring is 1. The molecule has 0 aliphatic heterocycles. The molecule has 0 aromatic heterocycles. The third-order valence-electron chi connectivity index (χ3n) is 1.96. The van der Waals surface area contributed by atoms with Crippen LogP contribution in [-0.4, -0.2) is 14.2 Å². The maximum Gasteiger partial charge on any atom is 0.232 e. The van der Waals surface area contributed by atoms with Crippen LogP contribution in [0.15, 0.2) is 24.8 Å². The smallest absolute Gasteiger partial charge is 0.232 e. The Bertz CT molecular complexity index is 466. The largest absolute Gasteiger partial charge is 0.397 e. The fraction of sp³-hybridized carbons (Fsp3) is 0.200. The lowest BCUT2D eigenvalue weighted by atomic mass is 10.2. The van der Waals surface area contributed by atoms with Gasteiger partial charge in [0.15, 0.2) is 0 Å². The van der Waals surface area contributed by atoms with Gasteiger partial charge in [-0.05, 0) is 24.6 Å². The molecule has 1 aromatic carbocycles. The molecule has 1 aromatic rings. The van der Waals surface area contributed by atoms with Crippen molar-refractivity contribution in [3.8, 4) is 0 Å². The highest BCUT2D eigenvalue weighted by atomic mass is 32.2. The number of nitrogens with two attached hydrogens (primary N) is 1. The van der Waals surface area contributed by atoms with E-state index in [2.05, 4.69) is 11.3 Å². The molecule has 0 saturated carbocycles. The zero-order valence-electron chi connectivity index (χ0n) is 8.53. The molecule has 5 heteroatoms. The number of benzene rings is 1. The van der Waals surface area contributed by atoms with Crippen LogP contribution in [0.2, 0.25) is 0 Å². The predicted octanol–water partition coefficient (Wildman–Crippen LogP) is 1.67. The van der Waals surface area contributed by atoms with Crippen molar-refractivity contribution in [3.63, 3.8) is 0 Å². The van der Waals surface area contributed by atoms with Crippen molar-refractivity contribution in [1.29, 1.82) is 0 Å². The summed E-state index contributed by atoms with van der Waals surface area (Å²) >= 11 is 0. The normalized spacial score (nSPS) is 11.0. The van der Waals surface area contributed by atoms with Crippen molar-refractivity contribution in [1.82, 2.24) is 0 Å². The molecular weight excluding hydrogens is 212 g/mol. The first-order valence-corrected chi connectivity index (χ1v) is 6.16. The maximum atomic E-state index is 11.3. The fourth-order valence-electron chi connectivity index (χ4n) is 1.04. The van der Waals surface area contributed by atoms with E-state index in [4.69, 9.17) is 5.73 Å². The Kier molecular flexibility index (Phi) is 3.36. The number of sulfonamides is 1. The summed E-state index contributed by atoms with van der Waals surface area (Å²) in [5, 5.41) is 0. The van der Waals surface area contributed by atoms with E-state index in [9.17, 15) is 8.42 Å². The molecule has 4 nitrogen and oxygen atoms in total. The molecule has 0 bridgehead atoms. The summed E-state index contributed by atoms with van der Waals surface area (Å²) in [4.78, 5) is 0. The summed E-state index contributed by atoms with van der Waals surface area (Å²) < 4.78 is 25.0. The van der Waals surface area contributed by atoms with Crippen molar-refractivity contribution in [3.05, 3.63) is 30.3 Å². The zero-order valence-corrected chi connectivity index (χ0v) is 9.34. The van der Waals surface area contributed by atoms with Gasteiger partial charge in [0.1, 0.15) is 0 Å². The summed E-state index contributed by atoms with van der Waals surface area (Å²) in [5.74, 6) is 0.0235. The van der Waals surface area contributed by atoms with Gasteiger partial charge < -0.3 is 5.73 Å². The Morgan fingerprint density at radius 3 is 2.67 bits per heavy atom. The summed E-state index contributed by atoms with van der Waals surface area (Å²) in [7, 11) is -3.27. The van der Waals surface area contributed by atoms with Crippen LogP contribution in [0.1, 0.15) is 12.5 Å². The van der Waals surface area contributed by atoms with Crippen LogP contribution in [0.3, 0.4) is 0 Å². The van der Waals surface area contributed by atoms with Gasteiger partial charge in [0.2, 0.25) is 10.0 Å². The lowest BCUT2D eigenvalue weighted by Gasteiger charge is -2.09. The van der Waals surface area contributed by atoms with E-state index < -0.39 is 10.0 Å². The standard InChI is InChI=1S/C10H14N2O2S/c1-3-8-5-6-10(9(11)7-8)12-15(13,14)4-2/h3,5-7,12H,1,4,11H2,2H3. The lowest BCUT2D eigenvalue weighted by Crippen LogP contribution is -2.15. The van der Waals surface area contributed by atoms with Gasteiger partial charge in [-0.25, -0.2) is 8.42 Å². The predicted molar refractivity (Wildman–Crippen MR) is 64.0 cm³/mol. The molecule has 0 unspecified atom stereocenters. The van der Waals surface area contributed by atoms with Crippen molar-refractivity contribution in [2.45, 2.75) is 6.92 Å². The van der Waals surface area contributed by atoms with Gasteiger partial charge >= 0.3 is 0 Å². The van der Waals surface area contributed by atoms with Gasteiger partial charge in [0, 0.05) is 0 Å². The molecule has 0 aliphatic carbocycles. The maximum absolute atomic E-state index is 11.3. The van der Waals surface area contributed by atoms with E-state index in [0.717, 1.165) is 5.56 Å². The van der Waals surface area contributed by atoms with Crippen molar-refractivity contribution in [2.24, 2.45) is 0 Å². The van der Waals surface area contributed by atoms with Crippen LogP contribution >= 0.6 is 0 Å².